The van der Waals surface area contributed by atoms with Crippen LogP contribution < -0.4 is 10.6 Å². The predicted molar refractivity (Wildman–Crippen MR) is 71.6 cm³/mol. The quantitative estimate of drug-likeness (QED) is 0.894. The molecule has 0 spiro atoms. The Hall–Kier alpha value is -1.07. The van der Waals surface area contributed by atoms with Crippen LogP contribution in [0.5, 0.6) is 0 Å². The van der Waals surface area contributed by atoms with E-state index < -0.39 is 0 Å². The lowest BCUT2D eigenvalue weighted by molar-refractivity contribution is -0.129. The van der Waals surface area contributed by atoms with Crippen LogP contribution in [0.25, 0.3) is 0 Å². The number of amides is 2. The van der Waals surface area contributed by atoms with E-state index in [0.717, 1.165) is 9.21 Å². The van der Waals surface area contributed by atoms with Crippen LogP contribution in [0.15, 0.2) is 12.1 Å². The summed E-state index contributed by atoms with van der Waals surface area (Å²) in [6, 6.07) is 3.69. The average molecular weight is 287 g/mol. The summed E-state index contributed by atoms with van der Waals surface area (Å²) in [6.45, 7) is 2.37. The fourth-order valence-electron chi connectivity index (χ4n) is 1.92. The number of hydrogen-bond acceptors (Lipinski definition) is 3. The van der Waals surface area contributed by atoms with Gasteiger partial charge in [-0.3, -0.25) is 9.59 Å². The molecule has 1 aliphatic heterocycles. The maximum absolute atomic E-state index is 12.0. The Balaban J connectivity index is 1.89. The molecule has 0 aromatic carbocycles. The number of nitrogens with one attached hydrogen (secondary N) is 2. The molecule has 2 heterocycles. The van der Waals surface area contributed by atoms with Crippen molar-refractivity contribution in [3.05, 3.63) is 21.3 Å². The lowest BCUT2D eigenvalue weighted by Crippen LogP contribution is -2.43. The van der Waals surface area contributed by atoms with Crippen molar-refractivity contribution < 1.29 is 9.59 Å². The van der Waals surface area contributed by atoms with Gasteiger partial charge in [-0.2, -0.15) is 0 Å². The first-order chi connectivity index (χ1) is 8.56. The molecule has 1 saturated heterocycles. The fourth-order valence-corrected chi connectivity index (χ4v) is 2.98. The summed E-state index contributed by atoms with van der Waals surface area (Å²) < 4.78 is 0.719. The summed E-state index contributed by atoms with van der Waals surface area (Å²) in [4.78, 5) is 24.1. The number of thiophene rings is 1. The molecule has 0 bridgehead atoms. The highest BCUT2D eigenvalue weighted by Crippen LogP contribution is 2.27. The number of carbonyl (C=O) groups excluding carboxylic acids is 2. The van der Waals surface area contributed by atoms with Crippen molar-refractivity contribution in [2.45, 2.75) is 25.8 Å². The Morgan fingerprint density at radius 1 is 1.61 bits per heavy atom. The van der Waals surface area contributed by atoms with Crippen LogP contribution in [0.2, 0.25) is 4.34 Å². The van der Waals surface area contributed by atoms with Crippen LogP contribution in [0.1, 0.15) is 30.7 Å². The van der Waals surface area contributed by atoms with E-state index in [1.807, 2.05) is 19.1 Å². The third kappa shape index (κ3) is 3.23. The van der Waals surface area contributed by atoms with Gasteiger partial charge in [0.05, 0.1) is 16.3 Å². The first-order valence-electron chi connectivity index (χ1n) is 5.88. The molecule has 2 rings (SSSR count). The third-order valence-corrected chi connectivity index (χ3v) is 4.43. The standard InChI is InChI=1S/C12H15ClN2O2S/c1-7(9-3-4-10(13)18-9)15-12(17)8-2-5-11(16)14-6-8/h3-4,7-8H,2,5-6H2,1H3,(H,14,16)(H,15,17)/t7-,8+/m0/s1. The molecule has 6 heteroatoms. The van der Waals surface area contributed by atoms with E-state index in [-0.39, 0.29) is 23.8 Å². The number of carbonyl (C=O) groups is 2. The summed E-state index contributed by atoms with van der Waals surface area (Å²) in [5, 5.41) is 5.67. The lowest BCUT2D eigenvalue weighted by Gasteiger charge is -2.23. The molecule has 4 nitrogen and oxygen atoms in total. The summed E-state index contributed by atoms with van der Waals surface area (Å²) >= 11 is 7.33. The number of rotatable bonds is 3. The molecule has 0 saturated carbocycles. The van der Waals surface area contributed by atoms with Crippen molar-refractivity contribution in [3.63, 3.8) is 0 Å². The zero-order chi connectivity index (χ0) is 13.1. The largest absolute Gasteiger partial charge is 0.355 e. The molecule has 1 aliphatic rings. The first kappa shape index (κ1) is 13.4. The molecule has 1 aromatic heterocycles. The monoisotopic (exact) mass is 286 g/mol. The smallest absolute Gasteiger partial charge is 0.225 e. The van der Waals surface area contributed by atoms with E-state index in [0.29, 0.717) is 19.4 Å². The van der Waals surface area contributed by atoms with Gasteiger partial charge in [0, 0.05) is 17.8 Å². The Kier molecular flexibility index (Phi) is 4.24. The van der Waals surface area contributed by atoms with Gasteiger partial charge < -0.3 is 10.6 Å². The van der Waals surface area contributed by atoms with E-state index in [1.54, 1.807) is 0 Å². The number of hydrogen-bond donors (Lipinski definition) is 2. The highest BCUT2D eigenvalue weighted by Gasteiger charge is 2.25. The molecule has 1 aromatic rings. The maximum atomic E-state index is 12.0. The molecule has 18 heavy (non-hydrogen) atoms. The molecule has 1 fully saturated rings. The van der Waals surface area contributed by atoms with Crippen LogP contribution in [-0.2, 0) is 9.59 Å². The minimum absolute atomic E-state index is 0.00739. The number of piperidine rings is 1. The molecule has 2 amide bonds. The Bertz CT molecular complexity index is 451. The Morgan fingerprint density at radius 3 is 2.94 bits per heavy atom. The SMILES string of the molecule is C[C@H](NC(=O)[C@@H]1CCC(=O)NC1)c1ccc(Cl)s1. The topological polar surface area (TPSA) is 58.2 Å². The second-order valence-electron chi connectivity index (χ2n) is 4.41. The molecule has 0 aliphatic carbocycles. The summed E-state index contributed by atoms with van der Waals surface area (Å²) in [6.07, 6.45) is 1.05. The normalized spacial score (nSPS) is 21.2. The van der Waals surface area contributed by atoms with Crippen LogP contribution >= 0.6 is 22.9 Å². The highest BCUT2D eigenvalue weighted by molar-refractivity contribution is 7.16. The first-order valence-corrected chi connectivity index (χ1v) is 7.08. The van der Waals surface area contributed by atoms with Crippen molar-refractivity contribution in [3.8, 4) is 0 Å². The van der Waals surface area contributed by atoms with Crippen molar-refractivity contribution in [1.82, 2.24) is 10.6 Å². The zero-order valence-corrected chi connectivity index (χ0v) is 11.6. The Morgan fingerprint density at radius 2 is 2.39 bits per heavy atom. The van der Waals surface area contributed by atoms with Gasteiger partial charge in [-0.05, 0) is 25.5 Å². The number of halogens is 1. The second kappa shape index (κ2) is 5.71. The summed E-state index contributed by atoms with van der Waals surface area (Å²) in [5.74, 6) is -0.107. The van der Waals surface area contributed by atoms with Crippen molar-refractivity contribution in [1.29, 1.82) is 0 Å². The predicted octanol–water partition coefficient (Wildman–Crippen LogP) is 2.10. The summed E-state index contributed by atoms with van der Waals surface area (Å²) in [5.41, 5.74) is 0. The van der Waals surface area contributed by atoms with Crippen LogP contribution in [0.4, 0.5) is 0 Å². The van der Waals surface area contributed by atoms with Gasteiger partial charge in [-0.15, -0.1) is 11.3 Å². The minimum atomic E-state index is -0.124. The van der Waals surface area contributed by atoms with Crippen LogP contribution in [0.3, 0.4) is 0 Å². The van der Waals surface area contributed by atoms with Gasteiger partial charge in [0.1, 0.15) is 0 Å². The average Bonchev–Trinajstić information content (AvgIpc) is 2.76. The molecule has 0 unspecified atom stereocenters. The minimum Gasteiger partial charge on any atom is -0.355 e. The second-order valence-corrected chi connectivity index (χ2v) is 6.16. The van der Waals surface area contributed by atoms with Gasteiger partial charge >= 0.3 is 0 Å². The van der Waals surface area contributed by atoms with Gasteiger partial charge in [0.25, 0.3) is 0 Å². The van der Waals surface area contributed by atoms with E-state index >= 15 is 0 Å². The maximum Gasteiger partial charge on any atom is 0.225 e. The lowest BCUT2D eigenvalue weighted by atomic mass is 9.98. The fraction of sp³-hybridized carbons (Fsp3) is 0.500. The third-order valence-electron chi connectivity index (χ3n) is 3.02. The van der Waals surface area contributed by atoms with Crippen molar-refractivity contribution in [2.75, 3.05) is 6.54 Å². The molecule has 98 valence electrons. The zero-order valence-electron chi connectivity index (χ0n) is 10.0. The van der Waals surface area contributed by atoms with E-state index in [2.05, 4.69) is 10.6 Å². The van der Waals surface area contributed by atoms with Crippen molar-refractivity contribution in [2.24, 2.45) is 5.92 Å². The van der Waals surface area contributed by atoms with E-state index in [1.165, 1.54) is 11.3 Å². The molecular weight excluding hydrogens is 272 g/mol. The van der Waals surface area contributed by atoms with Gasteiger partial charge in [0.2, 0.25) is 11.8 Å². The van der Waals surface area contributed by atoms with E-state index in [4.69, 9.17) is 11.6 Å². The van der Waals surface area contributed by atoms with E-state index in [9.17, 15) is 9.59 Å². The van der Waals surface area contributed by atoms with Gasteiger partial charge in [0.15, 0.2) is 0 Å². The van der Waals surface area contributed by atoms with Crippen molar-refractivity contribution >= 4 is 34.8 Å². The van der Waals surface area contributed by atoms with Crippen LogP contribution in [0, 0.1) is 5.92 Å². The molecule has 2 atom stereocenters. The molecule has 2 N–H and O–H groups in total. The summed E-state index contributed by atoms with van der Waals surface area (Å²) in [7, 11) is 0. The molecular formula is C12H15ClN2O2S. The van der Waals surface area contributed by atoms with Crippen LogP contribution in [-0.4, -0.2) is 18.4 Å². The highest BCUT2D eigenvalue weighted by atomic mass is 35.5. The Labute approximate surface area is 115 Å². The molecule has 0 radical (unpaired) electrons. The van der Waals surface area contributed by atoms with Gasteiger partial charge in [-0.25, -0.2) is 0 Å². The van der Waals surface area contributed by atoms with Gasteiger partial charge in [-0.1, -0.05) is 11.6 Å².